The molecule has 4 rings (SSSR count). The van der Waals surface area contributed by atoms with E-state index in [2.05, 4.69) is 11.1 Å². The van der Waals surface area contributed by atoms with Crippen molar-refractivity contribution in [2.45, 2.75) is 6.92 Å². The second-order valence-electron chi connectivity index (χ2n) is 5.27. The van der Waals surface area contributed by atoms with Gasteiger partial charge in [-0.3, -0.25) is 4.98 Å². The Morgan fingerprint density at radius 2 is 1.95 bits per heavy atom. The van der Waals surface area contributed by atoms with Gasteiger partial charge in [0.1, 0.15) is 11.2 Å². The van der Waals surface area contributed by atoms with E-state index in [0.717, 1.165) is 38.8 Å². The summed E-state index contributed by atoms with van der Waals surface area (Å²) in [5.41, 5.74) is 5.06. The van der Waals surface area contributed by atoms with E-state index in [-0.39, 0.29) is 0 Å². The van der Waals surface area contributed by atoms with E-state index in [1.807, 2.05) is 55.5 Å². The van der Waals surface area contributed by atoms with Crippen LogP contribution in [0.2, 0.25) is 0 Å². The third-order valence-corrected chi connectivity index (χ3v) is 3.91. The minimum atomic E-state index is 0.679. The molecule has 0 aliphatic rings. The number of rotatable bonds is 1. The number of benzene rings is 2. The number of aromatic nitrogens is 1. The van der Waals surface area contributed by atoms with Gasteiger partial charge < -0.3 is 4.42 Å². The predicted molar refractivity (Wildman–Crippen MR) is 86.4 cm³/mol. The van der Waals surface area contributed by atoms with Crippen LogP contribution in [0.25, 0.3) is 33.2 Å². The van der Waals surface area contributed by atoms with Gasteiger partial charge in [0.2, 0.25) is 0 Å². The number of hydrogen-bond donors (Lipinski definition) is 0. The molecule has 0 saturated carbocycles. The third kappa shape index (κ3) is 1.78. The Bertz CT molecular complexity index is 1040. The van der Waals surface area contributed by atoms with Crippen molar-refractivity contribution in [1.82, 2.24) is 4.98 Å². The van der Waals surface area contributed by atoms with Crippen LogP contribution in [0.15, 0.2) is 59.1 Å². The second kappa shape index (κ2) is 4.71. The van der Waals surface area contributed by atoms with E-state index in [1.54, 1.807) is 6.20 Å². The summed E-state index contributed by atoms with van der Waals surface area (Å²) in [5.74, 6) is 0. The first-order valence-corrected chi connectivity index (χ1v) is 7.05. The molecule has 0 saturated heterocycles. The van der Waals surface area contributed by atoms with E-state index < -0.39 is 0 Å². The number of aryl methyl sites for hydroxylation is 1. The largest absolute Gasteiger partial charge is 0.455 e. The number of fused-ring (bicyclic) bond motifs is 3. The summed E-state index contributed by atoms with van der Waals surface area (Å²) in [4.78, 5) is 4.41. The highest BCUT2D eigenvalue weighted by Crippen LogP contribution is 2.36. The summed E-state index contributed by atoms with van der Waals surface area (Å²) in [7, 11) is 0. The van der Waals surface area contributed by atoms with Crippen molar-refractivity contribution in [1.29, 1.82) is 5.26 Å². The third-order valence-electron chi connectivity index (χ3n) is 3.91. The van der Waals surface area contributed by atoms with Gasteiger partial charge >= 0.3 is 0 Å². The quantitative estimate of drug-likeness (QED) is 0.503. The van der Waals surface area contributed by atoms with E-state index in [9.17, 15) is 5.26 Å². The molecule has 0 unspecified atom stereocenters. The van der Waals surface area contributed by atoms with E-state index in [0.29, 0.717) is 5.56 Å². The first-order chi connectivity index (χ1) is 10.8. The molecule has 0 atom stereocenters. The number of para-hydroxylation sites is 1. The lowest BCUT2D eigenvalue weighted by atomic mass is 10.0. The first-order valence-electron chi connectivity index (χ1n) is 7.05. The fourth-order valence-electron chi connectivity index (χ4n) is 2.79. The van der Waals surface area contributed by atoms with Gasteiger partial charge in [-0.05, 0) is 42.8 Å². The van der Waals surface area contributed by atoms with Crippen molar-refractivity contribution in [3.05, 3.63) is 65.9 Å². The molecule has 2 heterocycles. The van der Waals surface area contributed by atoms with Gasteiger partial charge in [-0.1, -0.05) is 18.2 Å². The molecule has 104 valence electrons. The standard InChI is InChI=1S/C19H12N2O/c1-12-9-18-16(10-13(12)11-20)14-5-4-6-15(19(14)22-18)17-7-2-3-8-21-17/h2-10H,1H3. The summed E-state index contributed by atoms with van der Waals surface area (Å²) >= 11 is 0. The summed E-state index contributed by atoms with van der Waals surface area (Å²) < 4.78 is 6.07. The lowest BCUT2D eigenvalue weighted by Gasteiger charge is -2.00. The minimum Gasteiger partial charge on any atom is -0.455 e. The maximum Gasteiger partial charge on any atom is 0.144 e. The Balaban J connectivity index is 2.10. The second-order valence-corrected chi connectivity index (χ2v) is 5.27. The van der Waals surface area contributed by atoms with Crippen molar-refractivity contribution in [3.63, 3.8) is 0 Å². The molecule has 0 fully saturated rings. The monoisotopic (exact) mass is 284 g/mol. The average Bonchev–Trinajstić information content (AvgIpc) is 2.92. The van der Waals surface area contributed by atoms with Crippen molar-refractivity contribution in [2.24, 2.45) is 0 Å². The molecule has 2 aromatic heterocycles. The molecule has 0 radical (unpaired) electrons. The average molecular weight is 284 g/mol. The van der Waals surface area contributed by atoms with Gasteiger partial charge in [-0.2, -0.15) is 5.26 Å². The molecular weight excluding hydrogens is 272 g/mol. The zero-order chi connectivity index (χ0) is 15.1. The van der Waals surface area contributed by atoms with Crippen LogP contribution in [0.3, 0.4) is 0 Å². The molecule has 0 aliphatic carbocycles. The van der Waals surface area contributed by atoms with E-state index in [1.165, 1.54) is 0 Å². The Hall–Kier alpha value is -3.12. The number of nitriles is 1. The Morgan fingerprint density at radius 1 is 1.05 bits per heavy atom. The molecule has 0 spiro atoms. The maximum atomic E-state index is 9.23. The Morgan fingerprint density at radius 3 is 2.73 bits per heavy atom. The molecule has 0 amide bonds. The van der Waals surface area contributed by atoms with Crippen molar-refractivity contribution in [3.8, 4) is 17.3 Å². The fraction of sp³-hybridized carbons (Fsp3) is 0.0526. The Kier molecular flexibility index (Phi) is 2.70. The normalized spacial score (nSPS) is 10.9. The summed E-state index contributed by atoms with van der Waals surface area (Å²) in [6.07, 6.45) is 1.77. The summed E-state index contributed by atoms with van der Waals surface area (Å²) in [5, 5.41) is 11.2. The zero-order valence-electron chi connectivity index (χ0n) is 12.0. The molecule has 3 nitrogen and oxygen atoms in total. The SMILES string of the molecule is Cc1cc2oc3c(-c4ccccn4)cccc3c2cc1C#N. The van der Waals surface area contributed by atoms with Gasteiger partial charge in [-0.15, -0.1) is 0 Å². The van der Waals surface area contributed by atoms with Gasteiger partial charge in [0, 0.05) is 22.5 Å². The molecule has 3 heteroatoms. The first kappa shape index (κ1) is 12.6. The molecule has 0 aliphatic heterocycles. The highest BCUT2D eigenvalue weighted by Gasteiger charge is 2.14. The molecular formula is C19H12N2O. The van der Waals surface area contributed by atoms with Crippen molar-refractivity contribution in [2.75, 3.05) is 0 Å². The lowest BCUT2D eigenvalue weighted by Crippen LogP contribution is -1.82. The van der Waals surface area contributed by atoms with Gasteiger partial charge in [0.25, 0.3) is 0 Å². The molecule has 0 N–H and O–H groups in total. The highest BCUT2D eigenvalue weighted by atomic mass is 16.3. The van der Waals surface area contributed by atoms with Crippen LogP contribution in [0, 0.1) is 18.3 Å². The Labute approximate surface area is 127 Å². The van der Waals surface area contributed by atoms with Crippen LogP contribution in [0.5, 0.6) is 0 Å². The van der Waals surface area contributed by atoms with Gasteiger partial charge in [0.05, 0.1) is 17.3 Å². The van der Waals surface area contributed by atoms with Crippen LogP contribution in [0.4, 0.5) is 0 Å². The van der Waals surface area contributed by atoms with E-state index in [4.69, 9.17) is 4.42 Å². The number of nitrogens with zero attached hydrogens (tertiary/aromatic N) is 2. The maximum absolute atomic E-state index is 9.23. The van der Waals surface area contributed by atoms with Crippen LogP contribution >= 0.6 is 0 Å². The van der Waals surface area contributed by atoms with Crippen LogP contribution in [0.1, 0.15) is 11.1 Å². The lowest BCUT2D eigenvalue weighted by molar-refractivity contribution is 0.669. The van der Waals surface area contributed by atoms with Crippen molar-refractivity contribution < 1.29 is 4.42 Å². The van der Waals surface area contributed by atoms with Crippen LogP contribution < -0.4 is 0 Å². The molecule has 0 bridgehead atoms. The molecule has 22 heavy (non-hydrogen) atoms. The smallest absolute Gasteiger partial charge is 0.144 e. The number of furan rings is 1. The predicted octanol–water partition coefficient (Wildman–Crippen LogP) is 4.83. The van der Waals surface area contributed by atoms with Gasteiger partial charge in [-0.25, -0.2) is 0 Å². The zero-order valence-corrected chi connectivity index (χ0v) is 12.0. The molecule has 2 aromatic carbocycles. The fourth-order valence-corrected chi connectivity index (χ4v) is 2.79. The summed E-state index contributed by atoms with van der Waals surface area (Å²) in [6, 6.07) is 17.9. The number of pyridine rings is 1. The highest BCUT2D eigenvalue weighted by molar-refractivity contribution is 6.09. The number of hydrogen-bond acceptors (Lipinski definition) is 3. The van der Waals surface area contributed by atoms with Crippen molar-refractivity contribution >= 4 is 21.9 Å². The van der Waals surface area contributed by atoms with Gasteiger partial charge in [0.15, 0.2) is 0 Å². The van der Waals surface area contributed by atoms with E-state index >= 15 is 0 Å². The topological polar surface area (TPSA) is 49.8 Å². The van der Waals surface area contributed by atoms with Crippen LogP contribution in [-0.4, -0.2) is 4.98 Å². The summed E-state index contributed by atoms with van der Waals surface area (Å²) in [6.45, 7) is 1.92. The van der Waals surface area contributed by atoms with Crippen LogP contribution in [-0.2, 0) is 0 Å². The minimum absolute atomic E-state index is 0.679. The molecule has 4 aromatic rings.